The van der Waals surface area contributed by atoms with Crippen molar-refractivity contribution in [2.45, 2.75) is 83.8 Å². The Balaban J connectivity index is 1.54. The predicted molar refractivity (Wildman–Crippen MR) is 141 cm³/mol. The molecule has 2 bridgehead atoms. The number of nitrogens with zero attached hydrogens (tertiary/aromatic N) is 2. The van der Waals surface area contributed by atoms with Crippen LogP contribution in [0.3, 0.4) is 0 Å². The van der Waals surface area contributed by atoms with Crippen LogP contribution < -0.4 is 14.8 Å². The number of aliphatic hydroxyl groups excluding tert-OH is 1. The second kappa shape index (κ2) is 9.03. The number of hydrogen-bond donors (Lipinski definition) is 4. The third-order valence-electron chi connectivity index (χ3n) is 9.26. The molecule has 1 fully saturated rings. The minimum Gasteiger partial charge on any atom is -0.507 e. The SMILES string of the molecule is CCCC(=O)NC[C@H]1c2c(c(O)c(C)c3c2OCO3)CC2[C@H]3c4c(cc(C)c(C)c4O)C[C@H](C(O)N21)N3C. The van der Waals surface area contributed by atoms with Crippen molar-refractivity contribution in [3.8, 4) is 23.0 Å². The van der Waals surface area contributed by atoms with Crippen LogP contribution >= 0.6 is 0 Å². The number of aromatic hydroxyl groups is 2. The monoisotopic (exact) mass is 523 g/mol. The van der Waals surface area contributed by atoms with Gasteiger partial charge in [0.25, 0.3) is 0 Å². The highest BCUT2D eigenvalue weighted by Gasteiger charge is 2.56. The molecule has 2 aromatic carbocycles. The van der Waals surface area contributed by atoms with E-state index in [1.54, 1.807) is 0 Å². The van der Waals surface area contributed by atoms with Crippen LogP contribution in [-0.2, 0) is 17.6 Å². The van der Waals surface area contributed by atoms with Crippen LogP contribution in [0.25, 0.3) is 0 Å². The molecule has 0 spiro atoms. The smallest absolute Gasteiger partial charge is 0.231 e. The summed E-state index contributed by atoms with van der Waals surface area (Å²) in [4.78, 5) is 16.8. The van der Waals surface area contributed by atoms with Gasteiger partial charge in [0.1, 0.15) is 17.7 Å². The third kappa shape index (κ3) is 3.45. The molecule has 9 nitrogen and oxygen atoms in total. The van der Waals surface area contributed by atoms with Crippen LogP contribution in [0.15, 0.2) is 6.07 Å². The fourth-order valence-corrected chi connectivity index (χ4v) is 7.24. The quantitative estimate of drug-likeness (QED) is 0.484. The van der Waals surface area contributed by atoms with Crippen molar-refractivity contribution in [3.63, 3.8) is 0 Å². The van der Waals surface area contributed by atoms with Crippen molar-refractivity contribution < 1.29 is 29.6 Å². The lowest BCUT2D eigenvalue weighted by molar-refractivity contribution is -0.172. The molecule has 38 heavy (non-hydrogen) atoms. The normalized spacial score (nSPS) is 27.5. The summed E-state index contributed by atoms with van der Waals surface area (Å²) < 4.78 is 11.7. The molecule has 4 aliphatic heterocycles. The first-order valence-electron chi connectivity index (χ1n) is 13.6. The number of nitrogens with one attached hydrogen (secondary N) is 1. The Morgan fingerprint density at radius 3 is 2.53 bits per heavy atom. The number of carbonyl (C=O) groups is 1. The van der Waals surface area contributed by atoms with E-state index < -0.39 is 12.3 Å². The van der Waals surface area contributed by atoms with E-state index in [1.165, 1.54) is 0 Å². The topological polar surface area (TPSA) is 115 Å². The molecule has 0 aliphatic carbocycles. The van der Waals surface area contributed by atoms with Gasteiger partial charge in [-0.2, -0.15) is 0 Å². The zero-order valence-corrected chi connectivity index (χ0v) is 22.7. The summed E-state index contributed by atoms with van der Waals surface area (Å²) in [5.41, 5.74) is 5.97. The molecule has 0 saturated carbocycles. The number of likely N-dealkylation sites (N-methyl/N-ethyl adjacent to an activating group) is 1. The maximum atomic E-state index is 12.6. The highest BCUT2D eigenvalue weighted by molar-refractivity contribution is 5.76. The summed E-state index contributed by atoms with van der Waals surface area (Å²) >= 11 is 0. The van der Waals surface area contributed by atoms with Crippen molar-refractivity contribution in [1.82, 2.24) is 15.1 Å². The summed E-state index contributed by atoms with van der Waals surface area (Å²) in [6, 6.07) is 1.02. The Labute approximate surface area is 223 Å². The van der Waals surface area contributed by atoms with Gasteiger partial charge in [-0.3, -0.25) is 14.6 Å². The van der Waals surface area contributed by atoms with Crippen LogP contribution in [-0.4, -0.2) is 69.7 Å². The molecule has 9 heteroatoms. The zero-order valence-electron chi connectivity index (χ0n) is 22.7. The summed E-state index contributed by atoms with van der Waals surface area (Å²) in [5, 5.41) is 37.8. The van der Waals surface area contributed by atoms with Crippen LogP contribution in [0.4, 0.5) is 0 Å². The van der Waals surface area contributed by atoms with E-state index in [-0.39, 0.29) is 43.1 Å². The largest absolute Gasteiger partial charge is 0.507 e. The van der Waals surface area contributed by atoms with E-state index in [0.717, 1.165) is 39.8 Å². The second-order valence-electron chi connectivity index (χ2n) is 11.3. The number of ether oxygens (including phenoxy) is 2. The molecule has 6 rings (SSSR count). The summed E-state index contributed by atoms with van der Waals surface area (Å²) in [6.07, 6.45) is 1.36. The number of rotatable bonds is 4. The number of hydrogen-bond acceptors (Lipinski definition) is 8. The third-order valence-corrected chi connectivity index (χ3v) is 9.26. The zero-order chi connectivity index (χ0) is 27.0. The number of carbonyl (C=O) groups excluding carboxylic acids is 1. The molecule has 1 saturated heterocycles. The molecule has 2 aromatic rings. The van der Waals surface area contributed by atoms with E-state index >= 15 is 0 Å². The van der Waals surface area contributed by atoms with E-state index in [1.807, 2.05) is 34.7 Å². The maximum Gasteiger partial charge on any atom is 0.231 e. The van der Waals surface area contributed by atoms with Gasteiger partial charge in [0.05, 0.1) is 18.1 Å². The van der Waals surface area contributed by atoms with Crippen molar-refractivity contribution >= 4 is 5.91 Å². The van der Waals surface area contributed by atoms with Gasteiger partial charge >= 0.3 is 0 Å². The van der Waals surface area contributed by atoms with Crippen molar-refractivity contribution in [2.75, 3.05) is 20.4 Å². The number of piperazine rings is 1. The molecule has 1 amide bonds. The standard InChI is InChI=1S/C29H37N3O6/c1-6-7-21(33)30-11-20-23-17(25(34)15(4)27-28(23)38-12-37-27)10-18-24-22-16(8-13(2)14(3)26(22)35)9-19(31(24)5)29(36)32(18)20/h8,18-20,24,29,34-36H,6-7,9-12H2,1-5H3,(H,30,33)/t18?,19-,20+,24+,29?/m1/s1. The molecule has 0 radical (unpaired) electrons. The summed E-state index contributed by atoms with van der Waals surface area (Å²) in [6.45, 7) is 8.03. The predicted octanol–water partition coefficient (Wildman–Crippen LogP) is 2.87. The van der Waals surface area contributed by atoms with E-state index in [2.05, 4.69) is 21.2 Å². The van der Waals surface area contributed by atoms with Crippen molar-refractivity contribution in [3.05, 3.63) is 45.0 Å². The molecule has 204 valence electrons. The number of fused-ring (bicyclic) bond motifs is 9. The number of aliphatic hydroxyl groups is 1. The van der Waals surface area contributed by atoms with Gasteiger partial charge in [-0.25, -0.2) is 0 Å². The molecule has 4 heterocycles. The molecule has 5 atom stereocenters. The van der Waals surface area contributed by atoms with Gasteiger partial charge in [0, 0.05) is 41.3 Å². The Hall–Kier alpha value is -3.01. The molecule has 4 N–H and O–H groups in total. The Morgan fingerprint density at radius 1 is 1.05 bits per heavy atom. The molecule has 2 unspecified atom stereocenters. The number of benzene rings is 2. The lowest BCUT2D eigenvalue weighted by Crippen LogP contribution is -2.69. The average Bonchev–Trinajstić information content (AvgIpc) is 3.37. The van der Waals surface area contributed by atoms with Crippen molar-refractivity contribution in [2.24, 2.45) is 0 Å². The van der Waals surface area contributed by atoms with Gasteiger partial charge in [-0.15, -0.1) is 0 Å². The summed E-state index contributed by atoms with van der Waals surface area (Å²) in [7, 11) is 2.01. The molecular formula is C29H37N3O6. The number of amides is 1. The van der Waals surface area contributed by atoms with E-state index in [0.29, 0.717) is 42.1 Å². The lowest BCUT2D eigenvalue weighted by atomic mass is 9.73. The Kier molecular flexibility index (Phi) is 6.01. The van der Waals surface area contributed by atoms with E-state index in [9.17, 15) is 20.1 Å². The highest BCUT2D eigenvalue weighted by atomic mass is 16.7. The van der Waals surface area contributed by atoms with Gasteiger partial charge in [0.2, 0.25) is 12.7 Å². The van der Waals surface area contributed by atoms with Gasteiger partial charge < -0.3 is 30.1 Å². The van der Waals surface area contributed by atoms with Crippen molar-refractivity contribution in [1.29, 1.82) is 0 Å². The van der Waals surface area contributed by atoms with Gasteiger partial charge in [0.15, 0.2) is 11.5 Å². The van der Waals surface area contributed by atoms with Crippen LogP contribution in [0, 0.1) is 20.8 Å². The Morgan fingerprint density at radius 2 is 1.79 bits per heavy atom. The first kappa shape index (κ1) is 25.3. The van der Waals surface area contributed by atoms with E-state index in [4.69, 9.17) is 9.47 Å². The van der Waals surface area contributed by atoms with Crippen LogP contribution in [0.1, 0.15) is 70.8 Å². The highest BCUT2D eigenvalue weighted by Crippen LogP contribution is 2.57. The van der Waals surface area contributed by atoms with Gasteiger partial charge in [-0.05, 0) is 63.8 Å². The molecule has 0 aromatic heterocycles. The first-order chi connectivity index (χ1) is 18.1. The lowest BCUT2D eigenvalue weighted by Gasteiger charge is -2.60. The number of phenols is 2. The van der Waals surface area contributed by atoms with Crippen LogP contribution in [0.5, 0.6) is 23.0 Å². The maximum absolute atomic E-state index is 12.6. The van der Waals surface area contributed by atoms with Gasteiger partial charge in [-0.1, -0.05) is 13.0 Å². The van der Waals surface area contributed by atoms with Crippen LogP contribution in [0.2, 0.25) is 0 Å². The minimum absolute atomic E-state index is 0.0563. The summed E-state index contributed by atoms with van der Waals surface area (Å²) in [5.74, 6) is 1.50. The fraction of sp³-hybridized carbons (Fsp3) is 0.552. The fourth-order valence-electron chi connectivity index (χ4n) is 7.24. The molecular weight excluding hydrogens is 486 g/mol. The average molecular weight is 524 g/mol. The second-order valence-corrected chi connectivity index (χ2v) is 11.3. The number of aryl methyl sites for hydroxylation is 1. The first-order valence-corrected chi connectivity index (χ1v) is 13.6. The minimum atomic E-state index is -0.833. The Bertz CT molecular complexity index is 1330. The number of phenolic OH excluding ortho intramolecular Hbond substituents is 2. The molecule has 4 aliphatic rings.